The van der Waals surface area contributed by atoms with Gasteiger partial charge in [-0.25, -0.2) is 0 Å². The molecule has 0 aliphatic carbocycles. The second-order valence-corrected chi connectivity index (χ2v) is 7.67. The van der Waals surface area contributed by atoms with Gasteiger partial charge in [-0.05, 0) is 64.0 Å². The number of halogens is 2. The van der Waals surface area contributed by atoms with Crippen molar-refractivity contribution in [3.63, 3.8) is 0 Å². The molecule has 2 aromatic rings. The predicted molar refractivity (Wildman–Crippen MR) is 103 cm³/mol. The van der Waals surface area contributed by atoms with Crippen LogP contribution in [-0.2, 0) is 4.79 Å². The van der Waals surface area contributed by atoms with Crippen LogP contribution in [0.15, 0.2) is 51.8 Å². The fourth-order valence-corrected chi connectivity index (χ4v) is 3.87. The highest BCUT2D eigenvalue weighted by Crippen LogP contribution is 2.37. The van der Waals surface area contributed by atoms with Crippen molar-refractivity contribution < 1.29 is 9.90 Å². The minimum atomic E-state index is -0.175. The molecule has 0 unspecified atom stereocenters. The van der Waals surface area contributed by atoms with Gasteiger partial charge in [0.05, 0.1) is 15.1 Å². The summed E-state index contributed by atoms with van der Waals surface area (Å²) in [5, 5.41) is 10.1. The third kappa shape index (κ3) is 3.45. The first kappa shape index (κ1) is 16.5. The molecule has 0 atom stereocenters. The molecule has 1 N–H and O–H groups in total. The number of carbonyl (C=O) groups excluding carboxylic acids is 1. The summed E-state index contributed by atoms with van der Waals surface area (Å²) in [5.74, 6) is -0.0256. The molecule has 116 valence electrons. The number of benzene rings is 2. The molecule has 1 saturated heterocycles. The second-order valence-electron chi connectivity index (χ2n) is 4.70. The number of aromatic hydroxyl groups is 1. The molecule has 7 heteroatoms. The van der Waals surface area contributed by atoms with Gasteiger partial charge in [-0.15, -0.1) is 0 Å². The van der Waals surface area contributed by atoms with Crippen molar-refractivity contribution in [1.82, 2.24) is 0 Å². The van der Waals surface area contributed by atoms with Crippen molar-refractivity contribution in [2.45, 2.75) is 0 Å². The zero-order valence-corrected chi connectivity index (χ0v) is 15.5. The molecule has 1 fully saturated rings. The van der Waals surface area contributed by atoms with Gasteiger partial charge in [-0.1, -0.05) is 41.6 Å². The van der Waals surface area contributed by atoms with Gasteiger partial charge in [-0.2, -0.15) is 0 Å². The Morgan fingerprint density at radius 3 is 2.57 bits per heavy atom. The highest BCUT2D eigenvalue weighted by molar-refractivity contribution is 9.10. The Morgan fingerprint density at radius 2 is 1.91 bits per heavy atom. The molecule has 3 nitrogen and oxygen atoms in total. The summed E-state index contributed by atoms with van der Waals surface area (Å²) < 4.78 is 1.04. The van der Waals surface area contributed by atoms with Crippen molar-refractivity contribution >= 4 is 73.5 Å². The van der Waals surface area contributed by atoms with Crippen molar-refractivity contribution in [3.8, 4) is 5.75 Å². The molecule has 0 saturated carbocycles. The minimum Gasteiger partial charge on any atom is -0.507 e. The summed E-state index contributed by atoms with van der Waals surface area (Å²) in [6, 6.07) is 12.0. The number of hydrogen-bond acceptors (Lipinski definition) is 4. The Labute approximate surface area is 156 Å². The normalized spacial score (nSPS) is 16.4. The Kier molecular flexibility index (Phi) is 4.77. The molecule has 23 heavy (non-hydrogen) atoms. The zero-order chi connectivity index (χ0) is 16.6. The number of carbonyl (C=O) groups is 1. The van der Waals surface area contributed by atoms with E-state index in [1.165, 1.54) is 16.7 Å². The lowest BCUT2D eigenvalue weighted by atomic mass is 10.2. The maximum Gasteiger partial charge on any atom is 0.270 e. The van der Waals surface area contributed by atoms with Crippen LogP contribution in [0.5, 0.6) is 5.75 Å². The SMILES string of the molecule is O=C1C(=Cc2ccc(O)c(Br)c2)SC(=S)N1c1ccc(Cl)cc1. The lowest BCUT2D eigenvalue weighted by Gasteiger charge is -2.14. The molecule has 3 rings (SSSR count). The molecule has 1 heterocycles. The van der Waals surface area contributed by atoms with Gasteiger partial charge in [0.15, 0.2) is 4.32 Å². The van der Waals surface area contributed by atoms with E-state index in [1.807, 2.05) is 0 Å². The summed E-state index contributed by atoms with van der Waals surface area (Å²) >= 11 is 15.7. The fraction of sp³-hybridized carbons (Fsp3) is 0. The van der Waals surface area contributed by atoms with Crippen LogP contribution in [0.3, 0.4) is 0 Å². The van der Waals surface area contributed by atoms with E-state index >= 15 is 0 Å². The summed E-state index contributed by atoms with van der Waals surface area (Å²) in [4.78, 5) is 14.6. The number of thioether (sulfide) groups is 1. The zero-order valence-electron chi connectivity index (χ0n) is 11.5. The number of amides is 1. The molecule has 1 aliphatic rings. The van der Waals surface area contributed by atoms with E-state index in [-0.39, 0.29) is 11.7 Å². The summed E-state index contributed by atoms with van der Waals surface area (Å²) in [5.41, 5.74) is 1.48. The molecular weight excluding hydrogens is 418 g/mol. The van der Waals surface area contributed by atoms with E-state index in [0.29, 0.717) is 24.4 Å². The monoisotopic (exact) mass is 425 g/mol. The Bertz CT molecular complexity index is 836. The number of thiocarbonyl (C=S) groups is 1. The maximum absolute atomic E-state index is 12.6. The van der Waals surface area contributed by atoms with Gasteiger partial charge in [0.1, 0.15) is 5.75 Å². The van der Waals surface area contributed by atoms with Gasteiger partial charge in [-0.3, -0.25) is 9.69 Å². The van der Waals surface area contributed by atoms with E-state index in [1.54, 1.807) is 48.5 Å². The van der Waals surface area contributed by atoms with Crippen LogP contribution in [-0.4, -0.2) is 15.3 Å². The highest BCUT2D eigenvalue weighted by Gasteiger charge is 2.33. The molecular formula is C16H9BrClNO2S2. The highest BCUT2D eigenvalue weighted by atomic mass is 79.9. The van der Waals surface area contributed by atoms with Crippen molar-refractivity contribution in [2.24, 2.45) is 0 Å². The predicted octanol–water partition coefficient (Wildman–Crippen LogP) is 5.21. The van der Waals surface area contributed by atoms with Crippen molar-refractivity contribution in [2.75, 3.05) is 4.90 Å². The smallest absolute Gasteiger partial charge is 0.270 e. The molecule has 0 bridgehead atoms. The summed E-state index contributed by atoms with van der Waals surface area (Å²) in [6.45, 7) is 0. The van der Waals surface area contributed by atoms with Crippen molar-refractivity contribution in [3.05, 3.63) is 62.4 Å². The van der Waals surface area contributed by atoms with E-state index < -0.39 is 0 Å². The van der Waals surface area contributed by atoms with E-state index in [4.69, 9.17) is 23.8 Å². The van der Waals surface area contributed by atoms with Gasteiger partial charge in [0, 0.05) is 5.02 Å². The maximum atomic E-state index is 12.6. The Balaban J connectivity index is 1.92. The molecule has 2 aromatic carbocycles. The Hall–Kier alpha value is -1.34. The number of phenols is 1. The molecule has 0 aromatic heterocycles. The standard InChI is InChI=1S/C16H9BrClNO2S2/c17-12-7-9(1-6-13(12)20)8-14-15(21)19(16(22)23-14)11-4-2-10(18)3-5-11/h1-8,20H. The molecule has 0 radical (unpaired) electrons. The number of anilines is 1. The summed E-state index contributed by atoms with van der Waals surface area (Å²) in [7, 11) is 0. The first-order valence-electron chi connectivity index (χ1n) is 6.48. The van der Waals surface area contributed by atoms with Gasteiger partial charge in [0.2, 0.25) is 0 Å². The molecule has 1 aliphatic heterocycles. The van der Waals surface area contributed by atoms with Crippen LogP contribution in [0.4, 0.5) is 5.69 Å². The quantitative estimate of drug-likeness (QED) is 0.528. The Morgan fingerprint density at radius 1 is 1.22 bits per heavy atom. The number of phenolic OH excluding ortho intramolecular Hbond substituents is 1. The number of rotatable bonds is 2. The number of nitrogens with zero attached hydrogens (tertiary/aromatic N) is 1. The van der Waals surface area contributed by atoms with Gasteiger partial charge in [0.25, 0.3) is 5.91 Å². The third-order valence-corrected chi connectivity index (χ3v) is 5.34. The average Bonchev–Trinajstić information content (AvgIpc) is 2.79. The van der Waals surface area contributed by atoms with Gasteiger partial charge < -0.3 is 5.11 Å². The van der Waals surface area contributed by atoms with E-state index in [0.717, 1.165) is 5.56 Å². The van der Waals surface area contributed by atoms with Crippen LogP contribution < -0.4 is 4.90 Å². The topological polar surface area (TPSA) is 40.5 Å². The first-order valence-corrected chi connectivity index (χ1v) is 8.87. The van der Waals surface area contributed by atoms with Gasteiger partial charge >= 0.3 is 0 Å². The minimum absolute atomic E-state index is 0.149. The van der Waals surface area contributed by atoms with Crippen LogP contribution in [0, 0.1) is 0 Å². The molecule has 1 amide bonds. The largest absolute Gasteiger partial charge is 0.507 e. The van der Waals surface area contributed by atoms with Crippen LogP contribution >= 0.6 is 51.5 Å². The van der Waals surface area contributed by atoms with Crippen LogP contribution in [0.25, 0.3) is 6.08 Å². The lowest BCUT2D eigenvalue weighted by Crippen LogP contribution is -2.27. The third-order valence-electron chi connectivity index (χ3n) is 3.15. The van der Waals surface area contributed by atoms with E-state index in [2.05, 4.69) is 15.9 Å². The second kappa shape index (κ2) is 6.65. The van der Waals surface area contributed by atoms with Crippen LogP contribution in [0.2, 0.25) is 5.02 Å². The average molecular weight is 427 g/mol. The summed E-state index contributed by atoms with van der Waals surface area (Å²) in [6.07, 6.45) is 1.75. The van der Waals surface area contributed by atoms with Crippen LogP contribution in [0.1, 0.15) is 5.56 Å². The first-order chi connectivity index (χ1) is 11.0. The molecule has 0 spiro atoms. The number of hydrogen-bond donors (Lipinski definition) is 1. The fourth-order valence-electron chi connectivity index (χ4n) is 2.04. The van der Waals surface area contributed by atoms with E-state index in [9.17, 15) is 9.90 Å². The van der Waals surface area contributed by atoms with Crippen molar-refractivity contribution in [1.29, 1.82) is 0 Å². The lowest BCUT2D eigenvalue weighted by molar-refractivity contribution is -0.113.